The fourth-order valence-electron chi connectivity index (χ4n) is 5.03. The minimum absolute atomic E-state index is 0.0526. The Morgan fingerprint density at radius 3 is 2.44 bits per heavy atom. The number of rotatable bonds is 6. The molecule has 3 atom stereocenters. The summed E-state index contributed by atoms with van der Waals surface area (Å²) in [6, 6.07) is 15.0. The quantitative estimate of drug-likeness (QED) is 0.550. The summed E-state index contributed by atoms with van der Waals surface area (Å²) in [7, 11) is -3.25. The Hall–Kier alpha value is -1.60. The summed E-state index contributed by atoms with van der Waals surface area (Å²) in [5.41, 5.74) is 2.08. The van der Waals surface area contributed by atoms with Crippen molar-refractivity contribution in [2.24, 2.45) is 0 Å². The number of nitrogens with zero attached hydrogens (tertiary/aromatic N) is 2. The van der Waals surface area contributed by atoms with Crippen molar-refractivity contribution in [1.29, 1.82) is 0 Å². The molecule has 2 saturated heterocycles. The summed E-state index contributed by atoms with van der Waals surface area (Å²) in [4.78, 5) is 15.3. The third kappa shape index (κ3) is 4.84. The predicted molar refractivity (Wildman–Crippen MR) is 129 cm³/mol. The number of benzene rings is 2. The molecule has 1 unspecified atom stereocenters. The lowest BCUT2D eigenvalue weighted by atomic mass is 9.79. The zero-order valence-corrected chi connectivity index (χ0v) is 20.4. The predicted octanol–water partition coefficient (Wildman–Crippen LogP) is 5.25. The second-order valence-corrected chi connectivity index (χ2v) is 11.5. The van der Waals surface area contributed by atoms with Crippen LogP contribution in [0.1, 0.15) is 55.7 Å². The minimum atomic E-state index is -3.25. The van der Waals surface area contributed by atoms with Gasteiger partial charge in [-0.3, -0.25) is 4.79 Å². The molecule has 2 fully saturated rings. The maximum Gasteiger partial charge on any atom is 0.223 e. The average molecular weight is 495 g/mol. The third-order valence-electron chi connectivity index (χ3n) is 6.61. The van der Waals surface area contributed by atoms with E-state index in [9.17, 15) is 13.2 Å². The van der Waals surface area contributed by atoms with E-state index in [1.165, 1.54) is 0 Å². The molecule has 2 heterocycles. The van der Waals surface area contributed by atoms with Crippen LogP contribution >= 0.6 is 23.2 Å². The molecule has 0 spiro atoms. The van der Waals surface area contributed by atoms with Gasteiger partial charge >= 0.3 is 0 Å². The number of likely N-dealkylation sites (tertiary alicyclic amines) is 1. The molecule has 32 heavy (non-hydrogen) atoms. The number of hydrogen-bond donors (Lipinski definition) is 0. The van der Waals surface area contributed by atoms with Gasteiger partial charge in [0.15, 0.2) is 0 Å². The van der Waals surface area contributed by atoms with E-state index < -0.39 is 10.0 Å². The van der Waals surface area contributed by atoms with Crippen LogP contribution in [-0.4, -0.2) is 48.4 Å². The van der Waals surface area contributed by atoms with Crippen LogP contribution in [0.5, 0.6) is 0 Å². The summed E-state index contributed by atoms with van der Waals surface area (Å²) in [5.74, 6) is 0.298. The third-order valence-corrected chi connectivity index (χ3v) is 9.02. The summed E-state index contributed by atoms with van der Waals surface area (Å²) in [5, 5.41) is 1.30. The number of carbonyl (C=O) groups excluding carboxylic acids is 1. The van der Waals surface area contributed by atoms with Gasteiger partial charge in [0.1, 0.15) is 0 Å². The SMILES string of the molecule is CC[C@@H](CN1CCCS1(=O)=O)N1C(=O)CCC(c2cccc(Cl)c2)[C@H]1c1ccc(Cl)cc1. The maximum absolute atomic E-state index is 13.3. The van der Waals surface area contributed by atoms with Gasteiger partial charge in [0.05, 0.1) is 11.8 Å². The Bertz CT molecular complexity index is 1070. The van der Waals surface area contributed by atoms with E-state index in [0.29, 0.717) is 48.8 Å². The highest BCUT2D eigenvalue weighted by Crippen LogP contribution is 2.45. The molecule has 8 heteroatoms. The topological polar surface area (TPSA) is 57.7 Å². The highest BCUT2D eigenvalue weighted by Gasteiger charge is 2.42. The van der Waals surface area contributed by atoms with E-state index in [0.717, 1.165) is 11.1 Å². The van der Waals surface area contributed by atoms with Crippen LogP contribution in [0, 0.1) is 0 Å². The van der Waals surface area contributed by atoms with Crippen molar-refractivity contribution in [1.82, 2.24) is 9.21 Å². The number of amides is 1. The Labute approximate surface area is 200 Å². The van der Waals surface area contributed by atoms with Crippen LogP contribution in [0.3, 0.4) is 0 Å². The largest absolute Gasteiger partial charge is 0.331 e. The number of piperidine rings is 1. The van der Waals surface area contributed by atoms with Crippen molar-refractivity contribution < 1.29 is 13.2 Å². The monoisotopic (exact) mass is 494 g/mol. The van der Waals surface area contributed by atoms with Crippen LogP contribution < -0.4 is 0 Å². The van der Waals surface area contributed by atoms with Gasteiger partial charge in [0, 0.05) is 41.5 Å². The molecule has 0 aliphatic carbocycles. The van der Waals surface area contributed by atoms with E-state index in [-0.39, 0.29) is 29.7 Å². The number of hydrogen-bond acceptors (Lipinski definition) is 3. The number of sulfonamides is 1. The number of halogens is 2. The van der Waals surface area contributed by atoms with E-state index in [2.05, 4.69) is 6.07 Å². The lowest BCUT2D eigenvalue weighted by Gasteiger charge is -2.46. The second-order valence-electron chi connectivity index (χ2n) is 8.59. The molecule has 2 aliphatic rings. The first-order valence-electron chi connectivity index (χ1n) is 11.1. The molecule has 2 aromatic rings. The molecule has 0 aromatic heterocycles. The van der Waals surface area contributed by atoms with Gasteiger partial charge in [0.25, 0.3) is 0 Å². The molecule has 172 valence electrons. The number of carbonyl (C=O) groups is 1. The molecule has 0 N–H and O–H groups in total. The normalized spacial score (nSPS) is 24.6. The van der Waals surface area contributed by atoms with Gasteiger partial charge in [-0.05, 0) is 54.7 Å². The Morgan fingerprint density at radius 1 is 1.06 bits per heavy atom. The first-order valence-corrected chi connectivity index (χ1v) is 13.5. The van der Waals surface area contributed by atoms with Gasteiger partial charge in [-0.2, -0.15) is 4.31 Å². The van der Waals surface area contributed by atoms with E-state index >= 15 is 0 Å². The highest BCUT2D eigenvalue weighted by molar-refractivity contribution is 7.89. The molecule has 1 amide bonds. The Kier molecular flexibility index (Phi) is 7.15. The lowest BCUT2D eigenvalue weighted by molar-refractivity contribution is -0.141. The summed E-state index contributed by atoms with van der Waals surface area (Å²) in [6.07, 6.45) is 2.44. The maximum atomic E-state index is 13.3. The van der Waals surface area contributed by atoms with Crippen LogP contribution in [-0.2, 0) is 14.8 Å². The molecular weight excluding hydrogens is 467 g/mol. The first-order chi connectivity index (χ1) is 15.3. The standard InChI is InChI=1S/C24H28Cl2N2O3S/c1-2-21(16-27-13-4-14-32(27,30)31)28-23(29)12-11-22(18-5-3-6-20(26)15-18)24(28)17-7-9-19(25)10-8-17/h3,5-10,15,21-22,24H,2,4,11-14,16H2,1H3/t21-,22?,24+/m0/s1. The van der Waals surface area contributed by atoms with Gasteiger partial charge in [-0.25, -0.2) is 8.42 Å². The molecule has 2 aliphatic heterocycles. The van der Waals surface area contributed by atoms with Crippen molar-refractivity contribution in [2.45, 2.75) is 50.6 Å². The van der Waals surface area contributed by atoms with E-state index in [1.54, 1.807) is 4.31 Å². The van der Waals surface area contributed by atoms with Gasteiger partial charge < -0.3 is 4.90 Å². The first kappa shape index (κ1) is 23.6. The van der Waals surface area contributed by atoms with Crippen molar-refractivity contribution in [3.8, 4) is 0 Å². The molecule has 5 nitrogen and oxygen atoms in total. The lowest BCUT2D eigenvalue weighted by Crippen LogP contribution is -2.52. The zero-order chi connectivity index (χ0) is 22.9. The Morgan fingerprint density at radius 2 is 1.81 bits per heavy atom. The summed E-state index contributed by atoms with van der Waals surface area (Å²) in [6.45, 7) is 2.86. The second kappa shape index (κ2) is 9.72. The smallest absolute Gasteiger partial charge is 0.223 e. The zero-order valence-electron chi connectivity index (χ0n) is 18.1. The van der Waals surface area contributed by atoms with Crippen LogP contribution in [0.25, 0.3) is 0 Å². The summed E-state index contributed by atoms with van der Waals surface area (Å²) < 4.78 is 26.5. The van der Waals surface area contributed by atoms with Crippen molar-refractivity contribution in [2.75, 3.05) is 18.8 Å². The van der Waals surface area contributed by atoms with Crippen molar-refractivity contribution >= 4 is 39.1 Å². The van der Waals surface area contributed by atoms with Gasteiger partial charge in [0.2, 0.25) is 15.9 Å². The highest BCUT2D eigenvalue weighted by atomic mass is 35.5. The molecule has 0 radical (unpaired) electrons. The molecule has 4 rings (SSSR count). The molecular formula is C24H28Cl2N2O3S. The van der Waals surface area contributed by atoms with Crippen LogP contribution in [0.4, 0.5) is 0 Å². The van der Waals surface area contributed by atoms with Gasteiger partial charge in [-0.15, -0.1) is 0 Å². The Balaban J connectivity index is 1.76. The molecule has 0 bridgehead atoms. The van der Waals surface area contributed by atoms with E-state index in [4.69, 9.17) is 23.2 Å². The molecule has 0 saturated carbocycles. The van der Waals surface area contributed by atoms with Crippen LogP contribution in [0.15, 0.2) is 48.5 Å². The van der Waals surface area contributed by atoms with Gasteiger partial charge in [-0.1, -0.05) is 54.4 Å². The average Bonchev–Trinajstić information content (AvgIpc) is 3.10. The minimum Gasteiger partial charge on any atom is -0.331 e. The fourth-order valence-corrected chi connectivity index (χ4v) is 6.91. The fraction of sp³-hybridized carbons (Fsp3) is 0.458. The van der Waals surface area contributed by atoms with Crippen molar-refractivity contribution in [3.05, 3.63) is 69.7 Å². The van der Waals surface area contributed by atoms with E-state index in [1.807, 2.05) is 54.3 Å². The van der Waals surface area contributed by atoms with Crippen LogP contribution in [0.2, 0.25) is 10.0 Å². The summed E-state index contributed by atoms with van der Waals surface area (Å²) >= 11 is 12.5. The van der Waals surface area contributed by atoms with Crippen molar-refractivity contribution in [3.63, 3.8) is 0 Å². The molecule has 2 aromatic carbocycles.